The number of carbonyl (C=O) groups excluding carboxylic acids is 3. The van der Waals surface area contributed by atoms with Crippen LogP contribution in [0.2, 0.25) is 5.02 Å². The topological polar surface area (TPSA) is 87.3 Å². The molecule has 0 bridgehead atoms. The lowest BCUT2D eigenvalue weighted by Gasteiger charge is -2.19. The average Bonchev–Trinajstić information content (AvgIpc) is 3.12. The van der Waals surface area contributed by atoms with Gasteiger partial charge in [-0.05, 0) is 65.7 Å². The van der Waals surface area contributed by atoms with Gasteiger partial charge in [0.25, 0.3) is 11.8 Å². The average molecular weight is 758 g/mol. The molecule has 3 N–H and O–H groups in total. The monoisotopic (exact) mass is 757 g/mol. The van der Waals surface area contributed by atoms with Crippen LogP contribution >= 0.6 is 23.4 Å². The molecular weight excluding hydrogens is 735 g/mol. The molecule has 5 aromatic rings. The van der Waals surface area contributed by atoms with Crippen molar-refractivity contribution in [3.8, 4) is 0 Å². The minimum atomic E-state index is -5.75. The zero-order valence-electron chi connectivity index (χ0n) is 26.2. The third kappa shape index (κ3) is 9.00. The number of anilines is 2. The maximum Gasteiger partial charge on any atom is 0.422 e. The standard InChI is InChI=1S/C37H23ClF7N3O3S/c38-23-13-7-8-20(18-23)19-26(47-34(49)22-11-5-2-6-12-22)35(50)46-24-14-16-25(17-15-24)52-33(21-9-3-1-4-10-21)36(51)48-32-30(41)28(39)27(37(43,44)45)29(40)31(32)42/h1-19,33H,(H,46,50)(H,47,49)(H,48,51)/b26-19-. The van der Waals surface area contributed by atoms with Gasteiger partial charge in [-0.25, -0.2) is 17.6 Å². The van der Waals surface area contributed by atoms with E-state index in [-0.39, 0.29) is 16.9 Å². The third-order valence-electron chi connectivity index (χ3n) is 7.19. The van der Waals surface area contributed by atoms with Crippen molar-refractivity contribution >= 4 is 58.5 Å². The zero-order chi connectivity index (χ0) is 37.6. The van der Waals surface area contributed by atoms with E-state index in [4.69, 9.17) is 11.6 Å². The number of hydrogen-bond acceptors (Lipinski definition) is 4. The molecule has 15 heteroatoms. The highest BCUT2D eigenvalue weighted by Gasteiger charge is 2.43. The Morgan fingerprint density at radius 2 is 1.31 bits per heavy atom. The van der Waals surface area contributed by atoms with Crippen LogP contribution in [0.3, 0.4) is 0 Å². The van der Waals surface area contributed by atoms with Gasteiger partial charge in [-0.1, -0.05) is 72.3 Å². The van der Waals surface area contributed by atoms with Crippen LogP contribution in [-0.2, 0) is 15.8 Å². The van der Waals surface area contributed by atoms with Gasteiger partial charge in [-0.3, -0.25) is 14.4 Å². The number of rotatable bonds is 10. The lowest BCUT2D eigenvalue weighted by atomic mass is 10.1. The molecule has 0 radical (unpaired) electrons. The molecule has 0 aliphatic carbocycles. The molecular formula is C37H23ClF7N3O3S. The molecule has 266 valence electrons. The maximum atomic E-state index is 14.6. The molecule has 0 saturated carbocycles. The predicted molar refractivity (Wildman–Crippen MR) is 183 cm³/mol. The van der Waals surface area contributed by atoms with Crippen molar-refractivity contribution in [1.82, 2.24) is 5.32 Å². The first-order valence-electron chi connectivity index (χ1n) is 14.9. The highest BCUT2D eigenvalue weighted by atomic mass is 35.5. The Labute approximate surface area is 300 Å². The summed E-state index contributed by atoms with van der Waals surface area (Å²) in [4.78, 5) is 40.0. The molecule has 0 spiro atoms. The predicted octanol–water partition coefficient (Wildman–Crippen LogP) is 9.80. The van der Waals surface area contributed by atoms with Gasteiger partial charge in [0.2, 0.25) is 5.91 Å². The smallest absolute Gasteiger partial charge is 0.321 e. The Balaban J connectivity index is 1.37. The number of hydrogen-bond donors (Lipinski definition) is 3. The van der Waals surface area contributed by atoms with Gasteiger partial charge in [0.05, 0.1) is 0 Å². The largest absolute Gasteiger partial charge is 0.422 e. The number of nitrogens with one attached hydrogen (secondary N) is 3. The van der Waals surface area contributed by atoms with E-state index in [0.717, 1.165) is 11.8 Å². The summed E-state index contributed by atoms with van der Waals surface area (Å²) in [5.41, 5.74) is -3.29. The molecule has 1 unspecified atom stereocenters. The van der Waals surface area contributed by atoms with Crippen LogP contribution in [-0.4, -0.2) is 17.7 Å². The number of alkyl halides is 3. The number of benzene rings is 5. The normalized spacial score (nSPS) is 12.2. The van der Waals surface area contributed by atoms with Crippen molar-refractivity contribution in [2.75, 3.05) is 10.6 Å². The first-order valence-corrected chi connectivity index (χ1v) is 16.2. The Hall–Kier alpha value is -5.60. The van der Waals surface area contributed by atoms with Gasteiger partial charge in [0.1, 0.15) is 22.2 Å². The summed E-state index contributed by atoms with van der Waals surface area (Å²) in [5.74, 6) is -12.8. The fourth-order valence-corrected chi connectivity index (χ4v) is 5.96. The van der Waals surface area contributed by atoms with E-state index in [0.29, 0.717) is 21.0 Å². The Bertz CT molecular complexity index is 2120. The fraction of sp³-hybridized carbons (Fsp3) is 0.0541. The fourth-order valence-electron chi connectivity index (χ4n) is 4.74. The molecule has 1 atom stereocenters. The quantitative estimate of drug-likeness (QED) is 0.0573. The molecule has 0 aromatic heterocycles. The van der Waals surface area contributed by atoms with Gasteiger partial charge in [-0.15, -0.1) is 11.8 Å². The van der Waals surface area contributed by atoms with Gasteiger partial charge in [0.15, 0.2) is 23.3 Å². The second-order valence-corrected chi connectivity index (χ2v) is 12.4. The number of carbonyl (C=O) groups is 3. The molecule has 0 fully saturated rings. The summed E-state index contributed by atoms with van der Waals surface area (Å²) in [6.45, 7) is 0. The van der Waals surface area contributed by atoms with Crippen molar-refractivity contribution in [3.63, 3.8) is 0 Å². The van der Waals surface area contributed by atoms with Crippen LogP contribution in [0.25, 0.3) is 6.08 Å². The van der Waals surface area contributed by atoms with E-state index in [1.165, 1.54) is 42.5 Å². The summed E-state index contributed by atoms with van der Waals surface area (Å²) in [6.07, 6.45) is -4.33. The SMILES string of the molecule is O=C(Nc1ccc(SC(C(=O)Nc2c(F)c(F)c(C(F)(F)F)c(F)c2F)c2ccccc2)cc1)/C(=C/c1cccc(Cl)c1)NC(=O)c1ccccc1. The van der Waals surface area contributed by atoms with E-state index in [1.807, 2.05) is 0 Å². The number of halogens is 8. The number of amides is 3. The van der Waals surface area contributed by atoms with Crippen LogP contribution in [0.4, 0.5) is 42.1 Å². The van der Waals surface area contributed by atoms with Crippen LogP contribution in [0.1, 0.15) is 32.3 Å². The minimum absolute atomic E-state index is 0.119. The summed E-state index contributed by atoms with van der Waals surface area (Å²) >= 11 is 6.91. The van der Waals surface area contributed by atoms with Crippen molar-refractivity contribution in [2.24, 2.45) is 0 Å². The highest BCUT2D eigenvalue weighted by Crippen LogP contribution is 2.40. The molecule has 5 rings (SSSR count). The van der Waals surface area contributed by atoms with Crippen molar-refractivity contribution in [2.45, 2.75) is 16.3 Å². The summed E-state index contributed by atoms with van der Waals surface area (Å²) in [6, 6.07) is 28.2. The van der Waals surface area contributed by atoms with E-state index >= 15 is 0 Å². The summed E-state index contributed by atoms with van der Waals surface area (Å²) < 4.78 is 96.9. The molecule has 3 amide bonds. The summed E-state index contributed by atoms with van der Waals surface area (Å²) in [5, 5.41) is 6.01. The Kier molecular flexibility index (Phi) is 11.7. The van der Waals surface area contributed by atoms with E-state index < -0.39 is 63.7 Å². The molecule has 5 aromatic carbocycles. The van der Waals surface area contributed by atoms with Gasteiger partial charge < -0.3 is 16.0 Å². The highest BCUT2D eigenvalue weighted by molar-refractivity contribution is 8.00. The number of thioether (sulfide) groups is 1. The lowest BCUT2D eigenvalue weighted by Crippen LogP contribution is -2.30. The second kappa shape index (κ2) is 16.2. The zero-order valence-corrected chi connectivity index (χ0v) is 27.8. The third-order valence-corrected chi connectivity index (χ3v) is 8.69. The van der Waals surface area contributed by atoms with Crippen molar-refractivity contribution < 1.29 is 45.1 Å². The minimum Gasteiger partial charge on any atom is -0.321 e. The van der Waals surface area contributed by atoms with E-state index in [9.17, 15) is 45.1 Å². The van der Waals surface area contributed by atoms with Gasteiger partial charge >= 0.3 is 6.18 Å². The van der Waals surface area contributed by atoms with Crippen LogP contribution in [0.5, 0.6) is 0 Å². The molecule has 0 saturated heterocycles. The lowest BCUT2D eigenvalue weighted by molar-refractivity contribution is -0.143. The van der Waals surface area contributed by atoms with Crippen LogP contribution in [0, 0.1) is 23.3 Å². The van der Waals surface area contributed by atoms with E-state index in [1.54, 1.807) is 78.1 Å². The maximum absolute atomic E-state index is 14.6. The van der Waals surface area contributed by atoms with Crippen molar-refractivity contribution in [3.05, 3.63) is 165 Å². The second-order valence-electron chi connectivity index (χ2n) is 10.8. The molecule has 0 heterocycles. The first-order chi connectivity index (χ1) is 24.7. The van der Waals surface area contributed by atoms with Gasteiger partial charge in [-0.2, -0.15) is 13.2 Å². The summed E-state index contributed by atoms with van der Waals surface area (Å²) in [7, 11) is 0. The van der Waals surface area contributed by atoms with E-state index in [2.05, 4.69) is 10.6 Å². The Morgan fingerprint density at radius 1 is 0.712 bits per heavy atom. The Morgan fingerprint density at radius 3 is 1.88 bits per heavy atom. The van der Waals surface area contributed by atoms with Crippen LogP contribution < -0.4 is 16.0 Å². The molecule has 0 aliphatic heterocycles. The molecule has 52 heavy (non-hydrogen) atoms. The molecule has 6 nitrogen and oxygen atoms in total. The van der Waals surface area contributed by atoms with Crippen molar-refractivity contribution in [1.29, 1.82) is 0 Å². The first kappa shape index (κ1) is 37.7. The van der Waals surface area contributed by atoms with Crippen LogP contribution in [0.15, 0.2) is 120 Å². The molecule has 0 aliphatic rings. The van der Waals surface area contributed by atoms with Gasteiger partial charge in [0, 0.05) is 21.2 Å².